The van der Waals surface area contributed by atoms with Crippen LogP contribution in [0, 0.1) is 0 Å². The number of hydrogen-bond donors (Lipinski definition) is 0. The molecule has 0 atom stereocenters. The fraction of sp³-hybridized carbons (Fsp3) is 0.0652. The van der Waals surface area contributed by atoms with Crippen LogP contribution in [0.4, 0.5) is 11.4 Å². The van der Waals surface area contributed by atoms with E-state index in [2.05, 4.69) is 4.98 Å². The summed E-state index contributed by atoms with van der Waals surface area (Å²) in [6.45, 7) is 0.316. The van der Waals surface area contributed by atoms with Crippen molar-refractivity contribution in [1.29, 1.82) is 0 Å². The van der Waals surface area contributed by atoms with E-state index in [-0.39, 0.29) is 51.1 Å². The Hall–Kier alpha value is -5.85. The first kappa shape index (κ1) is 42.8. The Morgan fingerprint density at radius 3 is 1.84 bits per heavy atom. The standard InChI is InChI=1S/C46H29Cl6N5O5/c1-62-32-17-18-37-34(23-32)40(44(52)54(37)24-26-11-14-28(47)15-12-26)42(59)45(60)56(30-7-3-2-4-8-30)57(31-19-20-53-38(50)22-31)46(61)41(58)39-33-9-5-6-10-36(33)55(43(39)51)25-27-13-16-29(48)21-35(27)49/h2-23H,24-25H2,1H3. The highest BCUT2D eigenvalue weighted by Gasteiger charge is 2.40. The molecule has 8 aromatic rings. The van der Waals surface area contributed by atoms with Gasteiger partial charge < -0.3 is 13.9 Å². The van der Waals surface area contributed by atoms with Crippen molar-refractivity contribution in [3.05, 3.63) is 186 Å². The molecular formula is C46H29Cl6N5O5. The van der Waals surface area contributed by atoms with E-state index >= 15 is 9.59 Å². The van der Waals surface area contributed by atoms with E-state index in [0.717, 1.165) is 15.6 Å². The van der Waals surface area contributed by atoms with Crippen LogP contribution in [0.5, 0.6) is 5.75 Å². The van der Waals surface area contributed by atoms with E-state index in [1.807, 2.05) is 12.1 Å². The third-order valence-electron chi connectivity index (χ3n) is 10.1. The summed E-state index contributed by atoms with van der Waals surface area (Å²) in [6.07, 6.45) is 1.29. The third kappa shape index (κ3) is 8.13. The number of halogens is 6. The highest BCUT2D eigenvalue weighted by molar-refractivity contribution is 6.56. The molecule has 0 N–H and O–H groups in total. The van der Waals surface area contributed by atoms with Gasteiger partial charge in [0.25, 0.3) is 11.6 Å². The van der Waals surface area contributed by atoms with Gasteiger partial charge in [-0.2, -0.15) is 0 Å². The summed E-state index contributed by atoms with van der Waals surface area (Å²) in [6, 6.07) is 34.5. The number of nitrogens with zero attached hydrogens (tertiary/aromatic N) is 5. The SMILES string of the molecule is COc1ccc2c(c1)c(C(=O)C(=O)N(c1ccccc1)N(C(=O)C(=O)c1c(Cl)n(Cc3ccc(Cl)cc3Cl)c3ccccc13)c1ccnc(Cl)c1)c(Cl)n2Cc1ccc(Cl)cc1. The highest BCUT2D eigenvalue weighted by atomic mass is 35.5. The number of fused-ring (bicyclic) bond motifs is 2. The first-order chi connectivity index (χ1) is 29.9. The predicted molar refractivity (Wildman–Crippen MR) is 246 cm³/mol. The first-order valence-corrected chi connectivity index (χ1v) is 20.9. The van der Waals surface area contributed by atoms with E-state index in [4.69, 9.17) is 74.3 Å². The Morgan fingerprint density at radius 2 is 1.18 bits per heavy atom. The Kier molecular flexibility index (Phi) is 12.3. The minimum atomic E-state index is -1.26. The van der Waals surface area contributed by atoms with Gasteiger partial charge in [-0.3, -0.25) is 19.2 Å². The number of para-hydroxylation sites is 2. The van der Waals surface area contributed by atoms with E-state index in [0.29, 0.717) is 48.2 Å². The molecule has 2 amide bonds. The average molecular weight is 944 g/mol. The normalized spacial score (nSPS) is 11.2. The number of carbonyl (C=O) groups excluding carboxylic acids is 4. The Balaban J connectivity index is 1.28. The molecule has 0 saturated heterocycles. The number of rotatable bonds is 11. The zero-order valence-electron chi connectivity index (χ0n) is 32.2. The fourth-order valence-electron chi connectivity index (χ4n) is 7.18. The molecule has 0 aliphatic carbocycles. The molecule has 8 rings (SSSR count). The first-order valence-electron chi connectivity index (χ1n) is 18.6. The molecule has 0 radical (unpaired) electrons. The number of Topliss-reactive ketones (excluding diaryl/α,β-unsaturated/α-hetero) is 2. The summed E-state index contributed by atoms with van der Waals surface area (Å²) < 4.78 is 8.82. The number of pyridine rings is 1. The predicted octanol–water partition coefficient (Wildman–Crippen LogP) is 12.1. The zero-order chi connectivity index (χ0) is 43.8. The van der Waals surface area contributed by atoms with Gasteiger partial charge in [-0.25, -0.2) is 15.0 Å². The van der Waals surface area contributed by atoms with Crippen molar-refractivity contribution in [3.8, 4) is 5.75 Å². The Morgan fingerprint density at radius 1 is 0.581 bits per heavy atom. The van der Waals surface area contributed by atoms with Crippen LogP contribution in [-0.4, -0.2) is 44.6 Å². The minimum absolute atomic E-state index is 0.0458. The number of amides is 2. The van der Waals surface area contributed by atoms with Gasteiger partial charge in [-0.1, -0.05) is 124 Å². The van der Waals surface area contributed by atoms with Crippen molar-refractivity contribution in [1.82, 2.24) is 14.1 Å². The van der Waals surface area contributed by atoms with Crippen molar-refractivity contribution in [3.63, 3.8) is 0 Å². The quantitative estimate of drug-likeness (QED) is 0.0553. The van der Waals surface area contributed by atoms with Gasteiger partial charge >= 0.3 is 11.8 Å². The summed E-state index contributed by atoms with van der Waals surface area (Å²) in [4.78, 5) is 64.2. The van der Waals surface area contributed by atoms with E-state index in [1.165, 1.54) is 37.6 Å². The molecule has 5 aromatic carbocycles. The number of benzene rings is 5. The van der Waals surface area contributed by atoms with Gasteiger partial charge in [0.05, 0.1) is 47.2 Å². The zero-order valence-corrected chi connectivity index (χ0v) is 36.7. The molecule has 0 saturated carbocycles. The van der Waals surface area contributed by atoms with Crippen LogP contribution in [0.25, 0.3) is 21.8 Å². The average Bonchev–Trinajstić information content (AvgIpc) is 3.71. The number of hydrogen-bond acceptors (Lipinski definition) is 6. The molecule has 3 aromatic heterocycles. The van der Waals surface area contributed by atoms with Crippen LogP contribution in [0.3, 0.4) is 0 Å². The van der Waals surface area contributed by atoms with Crippen LogP contribution in [0.1, 0.15) is 31.8 Å². The van der Waals surface area contributed by atoms with Gasteiger partial charge in [0.2, 0.25) is 0 Å². The second kappa shape index (κ2) is 17.9. The van der Waals surface area contributed by atoms with Gasteiger partial charge in [-0.15, -0.1) is 0 Å². The van der Waals surface area contributed by atoms with Crippen molar-refractivity contribution >= 4 is 126 Å². The van der Waals surface area contributed by atoms with E-state index < -0.39 is 23.4 Å². The summed E-state index contributed by atoms with van der Waals surface area (Å²) in [5, 5.41) is 3.36. The van der Waals surface area contributed by atoms with E-state index in [9.17, 15) is 9.59 Å². The molecule has 0 bridgehead atoms. The molecular weight excluding hydrogens is 915 g/mol. The van der Waals surface area contributed by atoms with Crippen molar-refractivity contribution in [2.75, 3.05) is 17.1 Å². The van der Waals surface area contributed by atoms with Crippen LogP contribution in [0.2, 0.25) is 30.5 Å². The molecule has 0 fully saturated rings. The topological polar surface area (TPSA) is 107 Å². The summed E-state index contributed by atoms with van der Waals surface area (Å²) in [5.74, 6) is -4.33. The molecule has 0 unspecified atom stereocenters. The number of anilines is 2. The number of ether oxygens (including phenoxy) is 1. The van der Waals surface area contributed by atoms with Gasteiger partial charge in [0.15, 0.2) is 0 Å². The lowest BCUT2D eigenvalue weighted by Gasteiger charge is -2.34. The molecule has 0 aliphatic rings. The van der Waals surface area contributed by atoms with Crippen LogP contribution < -0.4 is 14.8 Å². The number of methoxy groups -OCH3 is 1. The lowest BCUT2D eigenvalue weighted by molar-refractivity contribution is -0.119. The van der Waals surface area contributed by atoms with Gasteiger partial charge in [0.1, 0.15) is 21.2 Å². The minimum Gasteiger partial charge on any atom is -0.497 e. The van der Waals surface area contributed by atoms with Crippen LogP contribution in [0.15, 0.2) is 134 Å². The van der Waals surface area contributed by atoms with Gasteiger partial charge in [-0.05, 0) is 77.9 Å². The molecule has 3 heterocycles. The molecule has 310 valence electrons. The smallest absolute Gasteiger partial charge is 0.318 e. The molecule has 10 nitrogen and oxygen atoms in total. The molecule has 0 aliphatic heterocycles. The van der Waals surface area contributed by atoms with Crippen molar-refractivity contribution in [2.45, 2.75) is 13.1 Å². The Bertz CT molecular complexity index is 3080. The summed E-state index contributed by atoms with van der Waals surface area (Å²) in [7, 11) is 1.47. The van der Waals surface area contributed by atoms with Crippen LogP contribution in [-0.2, 0) is 22.7 Å². The number of aromatic nitrogens is 3. The third-order valence-corrected chi connectivity index (χ3v) is 11.9. The maximum Gasteiger partial charge on any atom is 0.318 e. The Labute approximate surface area is 384 Å². The number of carbonyl (C=O) groups is 4. The molecule has 16 heteroatoms. The second-order valence-electron chi connectivity index (χ2n) is 13.8. The maximum atomic E-state index is 15.2. The largest absolute Gasteiger partial charge is 0.497 e. The number of hydrazine groups is 1. The van der Waals surface area contributed by atoms with Crippen molar-refractivity contribution < 1.29 is 23.9 Å². The second-order valence-corrected chi connectivity index (χ2v) is 16.2. The monoisotopic (exact) mass is 941 g/mol. The molecule has 0 spiro atoms. The highest BCUT2D eigenvalue weighted by Crippen LogP contribution is 2.37. The number of ketones is 2. The molecule has 62 heavy (non-hydrogen) atoms. The fourth-order valence-corrected chi connectivity index (χ4v) is 8.62. The van der Waals surface area contributed by atoms with Gasteiger partial charge in [0, 0.05) is 44.6 Å². The lowest BCUT2D eigenvalue weighted by Crippen LogP contribution is -2.55. The van der Waals surface area contributed by atoms with E-state index in [1.54, 1.807) is 100 Å². The summed E-state index contributed by atoms with van der Waals surface area (Å²) in [5.41, 5.74) is 2.13. The lowest BCUT2D eigenvalue weighted by atomic mass is 10.1. The maximum absolute atomic E-state index is 15.2. The van der Waals surface area contributed by atoms with Crippen LogP contribution >= 0.6 is 69.6 Å². The van der Waals surface area contributed by atoms with Crippen molar-refractivity contribution in [2.24, 2.45) is 0 Å². The summed E-state index contributed by atoms with van der Waals surface area (Å²) >= 11 is 39.4.